The van der Waals surface area contributed by atoms with E-state index >= 15 is 0 Å². The summed E-state index contributed by atoms with van der Waals surface area (Å²) in [4.78, 5) is 8.03. The second-order valence-electron chi connectivity index (χ2n) is 5.76. The Balaban J connectivity index is 2.42. The van der Waals surface area contributed by atoms with E-state index in [0.29, 0.717) is 16.8 Å². The summed E-state index contributed by atoms with van der Waals surface area (Å²) in [5.41, 5.74) is 5.72. The molecule has 0 spiro atoms. The van der Waals surface area contributed by atoms with Crippen molar-refractivity contribution in [3.05, 3.63) is 50.7 Å². The van der Waals surface area contributed by atoms with Gasteiger partial charge in [0.05, 0.1) is 5.69 Å². The predicted octanol–water partition coefficient (Wildman–Crippen LogP) is 4.88. The zero-order valence-corrected chi connectivity index (χ0v) is 15.9. The number of phenolic OH excluding ortho intramolecular Hbond substituents is 1. The lowest BCUT2D eigenvalue weighted by atomic mass is 9.94. The van der Waals surface area contributed by atoms with Gasteiger partial charge in [-0.25, -0.2) is 4.39 Å². The SMILES string of the molecule is CN=C(NO)c1[nH]c(Cl)c(-c2ccc(O)cc2F)c1-c1c(C)csc1C. The molecule has 0 aliphatic rings. The number of rotatable bonds is 3. The number of H-pyrrole nitrogens is 1. The molecule has 0 amide bonds. The highest BCUT2D eigenvalue weighted by Crippen LogP contribution is 2.45. The topological polar surface area (TPSA) is 80.6 Å². The molecule has 2 aromatic heterocycles. The van der Waals surface area contributed by atoms with E-state index in [1.54, 1.807) is 11.3 Å². The zero-order chi connectivity index (χ0) is 19.0. The lowest BCUT2D eigenvalue weighted by Gasteiger charge is -2.11. The molecule has 0 unspecified atom stereocenters. The number of aromatic hydroxyl groups is 1. The maximum absolute atomic E-state index is 14.6. The fourth-order valence-electron chi connectivity index (χ4n) is 3.02. The van der Waals surface area contributed by atoms with Gasteiger partial charge in [0.25, 0.3) is 0 Å². The van der Waals surface area contributed by atoms with Crippen LogP contribution in [-0.2, 0) is 0 Å². The number of nitrogens with zero attached hydrogens (tertiary/aromatic N) is 1. The number of halogens is 2. The number of aromatic nitrogens is 1. The summed E-state index contributed by atoms with van der Waals surface area (Å²) in [6, 6.07) is 3.91. The molecule has 0 atom stereocenters. The van der Waals surface area contributed by atoms with Crippen molar-refractivity contribution in [1.29, 1.82) is 0 Å². The van der Waals surface area contributed by atoms with E-state index in [2.05, 4.69) is 15.5 Å². The summed E-state index contributed by atoms with van der Waals surface area (Å²) in [6.07, 6.45) is 0. The minimum atomic E-state index is -0.601. The van der Waals surface area contributed by atoms with E-state index in [1.165, 1.54) is 19.2 Å². The first-order valence-electron chi connectivity index (χ1n) is 7.71. The van der Waals surface area contributed by atoms with Gasteiger partial charge in [0.15, 0.2) is 5.84 Å². The van der Waals surface area contributed by atoms with Crippen molar-refractivity contribution in [3.63, 3.8) is 0 Å². The summed E-state index contributed by atoms with van der Waals surface area (Å²) in [5, 5.41) is 21.2. The molecular formula is C18H17ClFN3O2S. The molecule has 0 saturated carbocycles. The number of aromatic amines is 1. The number of amidine groups is 1. The Morgan fingerprint density at radius 2 is 2.00 bits per heavy atom. The molecule has 0 saturated heterocycles. The third-order valence-electron chi connectivity index (χ3n) is 4.15. The van der Waals surface area contributed by atoms with Gasteiger partial charge >= 0.3 is 0 Å². The summed E-state index contributed by atoms with van der Waals surface area (Å²) in [7, 11) is 1.52. The maximum Gasteiger partial charge on any atom is 0.169 e. The number of aliphatic imine (C=N–C) groups is 1. The molecule has 136 valence electrons. The van der Waals surface area contributed by atoms with Crippen LogP contribution in [-0.4, -0.2) is 28.2 Å². The normalized spacial score (nSPS) is 11.8. The Bertz CT molecular complexity index is 991. The molecule has 0 fully saturated rings. The largest absolute Gasteiger partial charge is 0.508 e. The summed E-state index contributed by atoms with van der Waals surface area (Å²) in [5.74, 6) is -0.594. The molecular weight excluding hydrogens is 377 g/mol. The van der Waals surface area contributed by atoms with Gasteiger partial charge in [0.1, 0.15) is 16.7 Å². The lowest BCUT2D eigenvalue weighted by molar-refractivity contribution is 0.234. The molecule has 0 radical (unpaired) electrons. The van der Waals surface area contributed by atoms with Gasteiger partial charge in [-0.3, -0.25) is 15.7 Å². The van der Waals surface area contributed by atoms with Crippen LogP contribution in [0.1, 0.15) is 16.1 Å². The predicted molar refractivity (Wildman–Crippen MR) is 103 cm³/mol. The molecule has 1 aromatic carbocycles. The van der Waals surface area contributed by atoms with Crippen LogP contribution in [0.2, 0.25) is 5.15 Å². The van der Waals surface area contributed by atoms with Crippen LogP contribution in [0.25, 0.3) is 22.3 Å². The van der Waals surface area contributed by atoms with Crippen molar-refractivity contribution in [2.45, 2.75) is 13.8 Å². The number of hydrogen-bond donors (Lipinski definition) is 4. The van der Waals surface area contributed by atoms with Crippen LogP contribution in [0.4, 0.5) is 4.39 Å². The molecule has 0 aliphatic carbocycles. The second kappa shape index (κ2) is 7.11. The highest BCUT2D eigenvalue weighted by atomic mass is 35.5. The van der Waals surface area contributed by atoms with Gasteiger partial charge in [-0.2, -0.15) is 0 Å². The van der Waals surface area contributed by atoms with Crippen LogP contribution in [0.3, 0.4) is 0 Å². The van der Waals surface area contributed by atoms with Gasteiger partial charge in [-0.15, -0.1) is 11.3 Å². The molecule has 2 heterocycles. The molecule has 0 bridgehead atoms. The van der Waals surface area contributed by atoms with Gasteiger partial charge in [-0.05, 0) is 36.9 Å². The average Bonchev–Trinajstić information content (AvgIpc) is 3.08. The first-order chi connectivity index (χ1) is 12.4. The summed E-state index contributed by atoms with van der Waals surface area (Å²) >= 11 is 8.00. The number of hydrogen-bond acceptors (Lipinski definition) is 4. The number of thiophene rings is 1. The van der Waals surface area contributed by atoms with E-state index < -0.39 is 5.82 Å². The molecule has 5 nitrogen and oxygen atoms in total. The second-order valence-corrected chi connectivity index (χ2v) is 7.22. The number of nitrogens with one attached hydrogen (secondary N) is 2. The van der Waals surface area contributed by atoms with Crippen molar-refractivity contribution in [3.8, 4) is 28.0 Å². The van der Waals surface area contributed by atoms with E-state index in [0.717, 1.165) is 22.1 Å². The maximum atomic E-state index is 14.6. The quantitative estimate of drug-likeness (QED) is 0.291. The van der Waals surface area contributed by atoms with Crippen molar-refractivity contribution >= 4 is 28.8 Å². The molecule has 26 heavy (non-hydrogen) atoms. The first-order valence-corrected chi connectivity index (χ1v) is 8.97. The van der Waals surface area contributed by atoms with Crippen molar-refractivity contribution in [2.75, 3.05) is 7.05 Å². The summed E-state index contributed by atoms with van der Waals surface area (Å²) < 4.78 is 14.6. The fraction of sp³-hybridized carbons (Fsp3) is 0.167. The van der Waals surface area contributed by atoms with Crippen LogP contribution >= 0.6 is 22.9 Å². The van der Waals surface area contributed by atoms with Gasteiger partial charge < -0.3 is 10.1 Å². The third kappa shape index (κ3) is 2.98. The Kier molecular flexibility index (Phi) is 5.04. The molecule has 8 heteroatoms. The molecule has 0 aliphatic heterocycles. The Morgan fingerprint density at radius 3 is 2.54 bits per heavy atom. The smallest absolute Gasteiger partial charge is 0.169 e. The minimum Gasteiger partial charge on any atom is -0.508 e. The van der Waals surface area contributed by atoms with E-state index in [1.807, 2.05) is 19.2 Å². The van der Waals surface area contributed by atoms with Crippen LogP contribution < -0.4 is 5.48 Å². The Morgan fingerprint density at radius 1 is 1.27 bits per heavy atom. The minimum absolute atomic E-state index is 0.171. The Labute approximate surface area is 158 Å². The van der Waals surface area contributed by atoms with E-state index in [9.17, 15) is 14.7 Å². The average molecular weight is 394 g/mol. The third-order valence-corrected chi connectivity index (χ3v) is 5.46. The zero-order valence-electron chi connectivity index (χ0n) is 14.3. The molecule has 3 aromatic rings. The van der Waals surface area contributed by atoms with Crippen LogP contribution in [0.15, 0.2) is 28.6 Å². The van der Waals surface area contributed by atoms with E-state index in [-0.39, 0.29) is 22.3 Å². The molecule has 3 rings (SSSR count). The van der Waals surface area contributed by atoms with Crippen molar-refractivity contribution in [1.82, 2.24) is 10.5 Å². The van der Waals surface area contributed by atoms with Gasteiger partial charge in [-0.1, -0.05) is 11.6 Å². The lowest BCUT2D eigenvalue weighted by Crippen LogP contribution is -2.21. The van der Waals surface area contributed by atoms with Gasteiger partial charge in [0.2, 0.25) is 0 Å². The number of hydroxylamine groups is 1. The van der Waals surface area contributed by atoms with Crippen molar-refractivity contribution < 1.29 is 14.7 Å². The van der Waals surface area contributed by atoms with Gasteiger partial charge in [0, 0.05) is 40.2 Å². The Hall–Kier alpha value is -2.35. The summed E-state index contributed by atoms with van der Waals surface area (Å²) in [6.45, 7) is 3.92. The molecule has 4 N–H and O–H groups in total. The van der Waals surface area contributed by atoms with E-state index in [4.69, 9.17) is 11.6 Å². The van der Waals surface area contributed by atoms with Crippen LogP contribution in [0.5, 0.6) is 5.75 Å². The first kappa shape index (κ1) is 18.4. The highest BCUT2D eigenvalue weighted by molar-refractivity contribution is 7.10. The monoisotopic (exact) mass is 393 g/mol. The highest BCUT2D eigenvalue weighted by Gasteiger charge is 2.26. The van der Waals surface area contributed by atoms with Crippen LogP contribution in [0, 0.1) is 19.7 Å². The number of benzene rings is 1. The van der Waals surface area contributed by atoms with Crippen molar-refractivity contribution in [2.24, 2.45) is 4.99 Å². The number of aryl methyl sites for hydroxylation is 2. The number of phenols is 1. The fourth-order valence-corrected chi connectivity index (χ4v) is 4.16. The standard InChI is InChI=1S/C18H17ClFN3O2S/c1-8-7-26-9(2)13(8)15-14(11-5-4-10(24)6-12(11)20)17(19)22-16(15)18(21-3)23-25/h4-7,22,24-25H,1-3H3,(H,21,23).